The van der Waals surface area contributed by atoms with E-state index in [-0.39, 0.29) is 5.41 Å². The predicted molar refractivity (Wildman–Crippen MR) is 78.6 cm³/mol. The van der Waals surface area contributed by atoms with E-state index in [1.54, 1.807) is 7.11 Å². The summed E-state index contributed by atoms with van der Waals surface area (Å²) >= 11 is 0. The van der Waals surface area contributed by atoms with Crippen LogP contribution >= 0.6 is 0 Å². The third-order valence-electron chi connectivity index (χ3n) is 3.63. The van der Waals surface area contributed by atoms with Crippen molar-refractivity contribution in [3.63, 3.8) is 0 Å². The fourth-order valence-electron chi connectivity index (χ4n) is 2.62. The number of rotatable bonds is 3. The molecule has 2 nitrogen and oxygen atoms in total. The summed E-state index contributed by atoms with van der Waals surface area (Å²) in [7, 11) is 1.73. The molecule has 19 heavy (non-hydrogen) atoms. The minimum absolute atomic E-state index is 0.00834. The largest absolute Gasteiger partial charge is 0.458 e. The predicted octanol–water partition coefficient (Wildman–Crippen LogP) is 4.51. The highest BCUT2D eigenvalue weighted by Gasteiger charge is 2.43. The third kappa shape index (κ3) is 2.84. The second kappa shape index (κ2) is 5.01. The first-order chi connectivity index (χ1) is 8.87. The Morgan fingerprint density at radius 1 is 1.21 bits per heavy atom. The smallest absolute Gasteiger partial charge is 0.237 e. The quantitative estimate of drug-likeness (QED) is 0.695. The molecule has 0 saturated carbocycles. The topological polar surface area (TPSA) is 18.5 Å². The van der Waals surface area contributed by atoms with E-state index in [0.29, 0.717) is 0 Å². The lowest BCUT2D eigenvalue weighted by Gasteiger charge is -2.42. The van der Waals surface area contributed by atoms with E-state index in [9.17, 15) is 0 Å². The van der Waals surface area contributed by atoms with Crippen molar-refractivity contribution in [3.05, 3.63) is 47.3 Å². The van der Waals surface area contributed by atoms with Gasteiger partial charge in [0.1, 0.15) is 5.76 Å². The Labute approximate surface area is 116 Å². The summed E-state index contributed by atoms with van der Waals surface area (Å²) in [6, 6.07) is 0. The van der Waals surface area contributed by atoms with Gasteiger partial charge in [-0.25, -0.2) is 0 Å². The van der Waals surface area contributed by atoms with E-state index in [0.717, 1.165) is 18.6 Å². The number of allylic oxidation sites excluding steroid dienone is 5. The molecule has 2 aliphatic carbocycles. The molecule has 0 spiro atoms. The first-order valence-electron chi connectivity index (χ1n) is 6.88. The van der Waals surface area contributed by atoms with E-state index in [2.05, 4.69) is 52.0 Å². The highest BCUT2D eigenvalue weighted by Crippen LogP contribution is 2.44. The zero-order valence-electron chi connectivity index (χ0n) is 12.6. The van der Waals surface area contributed by atoms with Crippen molar-refractivity contribution in [2.75, 3.05) is 7.11 Å². The maximum atomic E-state index is 6.22. The third-order valence-corrected chi connectivity index (χ3v) is 3.63. The van der Waals surface area contributed by atoms with Gasteiger partial charge in [-0.05, 0) is 30.9 Å². The van der Waals surface area contributed by atoms with Crippen LogP contribution in [0, 0.1) is 5.41 Å². The van der Waals surface area contributed by atoms with Crippen molar-refractivity contribution in [2.45, 2.75) is 46.3 Å². The Bertz CT molecular complexity index is 472. The van der Waals surface area contributed by atoms with Gasteiger partial charge in [-0.3, -0.25) is 0 Å². The van der Waals surface area contributed by atoms with Crippen LogP contribution in [0.3, 0.4) is 0 Å². The van der Waals surface area contributed by atoms with Gasteiger partial charge in [-0.2, -0.15) is 0 Å². The van der Waals surface area contributed by atoms with Crippen molar-refractivity contribution in [1.29, 1.82) is 0 Å². The first kappa shape index (κ1) is 14.1. The summed E-state index contributed by atoms with van der Waals surface area (Å²) in [4.78, 5) is 0. The molecule has 0 bridgehead atoms. The fraction of sp³-hybridized carbons (Fsp3) is 0.529. The second-order valence-electron chi connectivity index (χ2n) is 6.26. The molecular weight excluding hydrogens is 236 g/mol. The molecule has 104 valence electrons. The summed E-state index contributed by atoms with van der Waals surface area (Å²) in [6.07, 6.45) is 12.3. The van der Waals surface area contributed by atoms with Crippen LogP contribution in [0.5, 0.6) is 0 Å². The van der Waals surface area contributed by atoms with Crippen LogP contribution in [-0.2, 0) is 9.47 Å². The van der Waals surface area contributed by atoms with Crippen molar-refractivity contribution in [2.24, 2.45) is 5.41 Å². The van der Waals surface area contributed by atoms with E-state index in [4.69, 9.17) is 9.47 Å². The van der Waals surface area contributed by atoms with Crippen molar-refractivity contribution >= 4 is 0 Å². The van der Waals surface area contributed by atoms with Gasteiger partial charge in [-0.1, -0.05) is 44.6 Å². The van der Waals surface area contributed by atoms with Gasteiger partial charge in [0.2, 0.25) is 5.79 Å². The van der Waals surface area contributed by atoms with Crippen LogP contribution in [0.4, 0.5) is 0 Å². The first-order valence-corrected chi connectivity index (χ1v) is 6.88. The monoisotopic (exact) mass is 260 g/mol. The van der Waals surface area contributed by atoms with Gasteiger partial charge in [0.25, 0.3) is 0 Å². The Morgan fingerprint density at radius 3 is 2.47 bits per heavy atom. The average molecular weight is 260 g/mol. The van der Waals surface area contributed by atoms with Crippen LogP contribution in [0.1, 0.15) is 40.5 Å². The van der Waals surface area contributed by atoms with Gasteiger partial charge in [0, 0.05) is 19.1 Å². The Morgan fingerprint density at radius 2 is 1.95 bits per heavy atom. The molecule has 2 heteroatoms. The Hall–Kier alpha value is -1.28. The zero-order valence-corrected chi connectivity index (χ0v) is 12.6. The molecule has 0 N–H and O–H groups in total. The van der Waals surface area contributed by atoms with Crippen LogP contribution in [0.25, 0.3) is 0 Å². The number of hydrogen-bond acceptors (Lipinski definition) is 2. The molecule has 0 aromatic rings. The van der Waals surface area contributed by atoms with E-state index >= 15 is 0 Å². The molecule has 1 unspecified atom stereocenters. The number of hydrogen-bond donors (Lipinski definition) is 0. The normalized spacial score (nSPS) is 26.9. The highest BCUT2D eigenvalue weighted by molar-refractivity contribution is 5.36. The van der Waals surface area contributed by atoms with Crippen LogP contribution in [0.15, 0.2) is 47.3 Å². The molecular formula is C17H24O2. The molecule has 0 aromatic carbocycles. The van der Waals surface area contributed by atoms with Crippen molar-refractivity contribution < 1.29 is 9.47 Å². The van der Waals surface area contributed by atoms with Crippen LogP contribution in [0.2, 0.25) is 0 Å². The van der Waals surface area contributed by atoms with Crippen molar-refractivity contribution in [3.8, 4) is 0 Å². The molecule has 0 amide bonds. The summed E-state index contributed by atoms with van der Waals surface area (Å²) in [5, 5.41) is 0. The molecule has 0 radical (unpaired) electrons. The lowest BCUT2D eigenvalue weighted by Crippen LogP contribution is -2.42. The molecule has 0 aromatic heterocycles. The minimum Gasteiger partial charge on any atom is -0.458 e. The maximum absolute atomic E-state index is 6.22. The van der Waals surface area contributed by atoms with Gasteiger partial charge >= 0.3 is 0 Å². The van der Waals surface area contributed by atoms with Crippen LogP contribution in [-0.4, -0.2) is 12.9 Å². The van der Waals surface area contributed by atoms with Gasteiger partial charge in [-0.15, -0.1) is 0 Å². The number of ether oxygens (including phenoxy) is 2. The summed E-state index contributed by atoms with van der Waals surface area (Å²) in [5.41, 5.74) is 2.48. The molecule has 1 atom stereocenters. The molecule has 0 heterocycles. The highest BCUT2D eigenvalue weighted by atomic mass is 16.7. The standard InChI is InChI=1S/C17H24O2/c1-13-10-11-17(18-5,15(12-13)16(2,3)4)19-14-8-6-7-9-14/h6,8-10,12H,7,11H2,1-5H3. The molecule has 0 fully saturated rings. The van der Waals surface area contributed by atoms with E-state index < -0.39 is 5.79 Å². The molecule has 0 aliphatic heterocycles. The lowest BCUT2D eigenvalue weighted by molar-refractivity contribution is -0.174. The van der Waals surface area contributed by atoms with Gasteiger partial charge in [0.15, 0.2) is 0 Å². The van der Waals surface area contributed by atoms with Crippen molar-refractivity contribution in [1.82, 2.24) is 0 Å². The van der Waals surface area contributed by atoms with E-state index in [1.165, 1.54) is 11.1 Å². The molecule has 2 rings (SSSR count). The van der Waals surface area contributed by atoms with Gasteiger partial charge < -0.3 is 9.47 Å². The average Bonchev–Trinajstić information content (AvgIpc) is 2.83. The molecule has 2 aliphatic rings. The second-order valence-corrected chi connectivity index (χ2v) is 6.26. The zero-order chi connectivity index (χ0) is 14.1. The summed E-state index contributed by atoms with van der Waals surface area (Å²) in [6.45, 7) is 8.73. The Balaban J connectivity index is 2.37. The molecule has 0 saturated heterocycles. The van der Waals surface area contributed by atoms with Gasteiger partial charge in [0.05, 0.1) is 0 Å². The van der Waals surface area contributed by atoms with E-state index in [1.807, 2.05) is 6.08 Å². The minimum atomic E-state index is -0.668. The SMILES string of the molecule is COC1(OC2=CCC=C2)CC=C(C)C=C1C(C)(C)C. The maximum Gasteiger partial charge on any atom is 0.237 e. The number of methoxy groups -OCH3 is 1. The van der Waals surface area contributed by atoms with Crippen LogP contribution < -0.4 is 0 Å². The summed E-state index contributed by atoms with van der Waals surface area (Å²) < 4.78 is 12.0. The Kier molecular flexibility index (Phi) is 3.73. The fourth-order valence-corrected chi connectivity index (χ4v) is 2.62. The lowest BCUT2D eigenvalue weighted by atomic mass is 9.76. The summed E-state index contributed by atoms with van der Waals surface area (Å²) in [5.74, 6) is 0.239.